The Balaban J connectivity index is 1.66. The minimum Gasteiger partial charge on any atom is -0.508 e. The highest BCUT2D eigenvalue weighted by Gasteiger charge is 2.36. The van der Waals surface area contributed by atoms with Crippen molar-refractivity contribution in [3.63, 3.8) is 0 Å². The predicted octanol–water partition coefficient (Wildman–Crippen LogP) is 5.02. The lowest BCUT2D eigenvalue weighted by molar-refractivity contribution is -0.146. The smallest absolute Gasteiger partial charge is 0.306 e. The molecule has 1 aliphatic heterocycles. The molecule has 2 fully saturated rings. The first-order chi connectivity index (χ1) is 15.0. The third kappa shape index (κ3) is 3.69. The van der Waals surface area contributed by atoms with Gasteiger partial charge in [-0.2, -0.15) is 0 Å². The van der Waals surface area contributed by atoms with Gasteiger partial charge in [-0.3, -0.25) is 4.79 Å². The van der Waals surface area contributed by atoms with Crippen molar-refractivity contribution in [2.24, 2.45) is 11.8 Å². The van der Waals surface area contributed by atoms with Crippen LogP contribution in [0.5, 0.6) is 5.75 Å². The molecule has 5 nitrogen and oxygen atoms in total. The fourth-order valence-corrected chi connectivity index (χ4v) is 5.24. The van der Waals surface area contributed by atoms with Crippen LogP contribution in [0.1, 0.15) is 42.9 Å². The van der Waals surface area contributed by atoms with E-state index in [0.717, 1.165) is 35.9 Å². The molecule has 1 saturated carbocycles. The maximum absolute atomic E-state index is 13.7. The van der Waals surface area contributed by atoms with Crippen LogP contribution in [0.3, 0.4) is 0 Å². The number of hydrogen-bond donors (Lipinski definition) is 2. The SMILES string of the molecule is O=C(O)[C@H]1C[C@H](Cc2c(C3CCOCC3)n(-c3ccc(F)cc3)c3ccc(O)cc23)C1. The fraction of sp³-hybridized carbons (Fsp3) is 0.400. The second-order valence-electron chi connectivity index (χ2n) is 8.84. The van der Waals surface area contributed by atoms with Gasteiger partial charge in [0, 0.05) is 35.9 Å². The summed E-state index contributed by atoms with van der Waals surface area (Å²) in [6, 6.07) is 11.9. The fourth-order valence-electron chi connectivity index (χ4n) is 5.24. The Hall–Kier alpha value is -2.86. The first-order valence-corrected chi connectivity index (χ1v) is 10.9. The highest BCUT2D eigenvalue weighted by molar-refractivity contribution is 5.89. The standard InChI is InChI=1S/C25H26FNO4/c26-18-1-3-19(4-2-18)27-23-6-5-20(28)14-21(23)22(13-15-11-17(12-15)25(29)30)24(27)16-7-9-31-10-8-16/h1-6,14-17,28H,7-13H2,(H,29,30)/t15-,17-. The summed E-state index contributed by atoms with van der Waals surface area (Å²) in [5, 5.41) is 20.5. The number of benzene rings is 2. The number of aliphatic carboxylic acids is 1. The summed E-state index contributed by atoms with van der Waals surface area (Å²) in [6.45, 7) is 1.40. The minimum atomic E-state index is -0.715. The molecule has 0 radical (unpaired) electrons. The summed E-state index contributed by atoms with van der Waals surface area (Å²) >= 11 is 0. The molecule has 1 aromatic heterocycles. The summed E-state index contributed by atoms with van der Waals surface area (Å²) in [5.41, 5.74) is 4.24. The van der Waals surface area contributed by atoms with Crippen molar-refractivity contribution >= 4 is 16.9 Å². The molecule has 0 bridgehead atoms. The van der Waals surface area contributed by atoms with Crippen LogP contribution in [0, 0.1) is 17.7 Å². The second kappa shape index (κ2) is 8.00. The lowest BCUT2D eigenvalue weighted by Gasteiger charge is -2.33. The first-order valence-electron chi connectivity index (χ1n) is 10.9. The molecule has 2 heterocycles. The number of fused-ring (bicyclic) bond motifs is 1. The van der Waals surface area contributed by atoms with Crippen LogP contribution in [-0.4, -0.2) is 34.0 Å². The van der Waals surface area contributed by atoms with Gasteiger partial charge in [-0.1, -0.05) is 0 Å². The number of carbonyl (C=O) groups is 1. The van der Waals surface area contributed by atoms with Gasteiger partial charge in [0.05, 0.1) is 11.4 Å². The van der Waals surface area contributed by atoms with E-state index in [9.17, 15) is 19.4 Å². The van der Waals surface area contributed by atoms with Crippen LogP contribution in [0.25, 0.3) is 16.6 Å². The van der Waals surface area contributed by atoms with E-state index in [2.05, 4.69) is 4.57 Å². The van der Waals surface area contributed by atoms with Crippen LogP contribution >= 0.6 is 0 Å². The Morgan fingerprint density at radius 3 is 2.48 bits per heavy atom. The molecule has 0 spiro atoms. The zero-order valence-corrected chi connectivity index (χ0v) is 17.3. The number of aromatic nitrogens is 1. The number of hydrogen-bond acceptors (Lipinski definition) is 3. The highest BCUT2D eigenvalue weighted by atomic mass is 19.1. The maximum Gasteiger partial charge on any atom is 0.306 e. The Labute approximate surface area is 180 Å². The number of nitrogens with zero attached hydrogens (tertiary/aromatic N) is 1. The zero-order valence-electron chi connectivity index (χ0n) is 17.3. The van der Waals surface area contributed by atoms with Crippen molar-refractivity contribution in [1.29, 1.82) is 0 Å². The molecule has 0 amide bonds. The number of phenolic OH excluding ortho intramolecular Hbond substituents is 1. The van der Waals surface area contributed by atoms with Gasteiger partial charge >= 0.3 is 5.97 Å². The Kier molecular flexibility index (Phi) is 5.18. The van der Waals surface area contributed by atoms with Crippen LogP contribution in [-0.2, 0) is 16.0 Å². The average molecular weight is 423 g/mol. The molecular weight excluding hydrogens is 397 g/mol. The second-order valence-corrected chi connectivity index (χ2v) is 8.84. The van der Waals surface area contributed by atoms with E-state index in [-0.39, 0.29) is 17.5 Å². The van der Waals surface area contributed by atoms with Gasteiger partial charge < -0.3 is 19.5 Å². The van der Waals surface area contributed by atoms with Gasteiger partial charge in [-0.05, 0) is 86.1 Å². The van der Waals surface area contributed by atoms with Crippen molar-refractivity contribution in [2.45, 2.75) is 38.0 Å². The topological polar surface area (TPSA) is 71.7 Å². The van der Waals surface area contributed by atoms with Crippen molar-refractivity contribution in [3.8, 4) is 11.4 Å². The quantitative estimate of drug-likeness (QED) is 0.604. The zero-order chi connectivity index (χ0) is 21.5. The molecule has 31 heavy (non-hydrogen) atoms. The largest absolute Gasteiger partial charge is 0.508 e. The molecule has 5 rings (SSSR count). The average Bonchev–Trinajstić information content (AvgIpc) is 3.04. The van der Waals surface area contributed by atoms with E-state index >= 15 is 0 Å². The highest BCUT2D eigenvalue weighted by Crippen LogP contribution is 2.44. The van der Waals surface area contributed by atoms with Crippen LogP contribution < -0.4 is 0 Å². The number of ether oxygens (including phenoxy) is 1. The summed E-state index contributed by atoms with van der Waals surface area (Å²) in [6.07, 6.45) is 3.96. The third-order valence-corrected chi connectivity index (χ3v) is 6.87. The predicted molar refractivity (Wildman–Crippen MR) is 115 cm³/mol. The van der Waals surface area contributed by atoms with E-state index in [1.165, 1.54) is 23.4 Å². The number of aromatic hydroxyl groups is 1. The molecule has 6 heteroatoms. The van der Waals surface area contributed by atoms with Crippen LogP contribution in [0.2, 0.25) is 0 Å². The van der Waals surface area contributed by atoms with Crippen LogP contribution in [0.15, 0.2) is 42.5 Å². The summed E-state index contributed by atoms with van der Waals surface area (Å²) in [7, 11) is 0. The number of carboxylic acids is 1. The molecule has 3 aromatic rings. The van der Waals surface area contributed by atoms with E-state index < -0.39 is 5.97 Å². The number of phenols is 1. The van der Waals surface area contributed by atoms with Gasteiger partial charge in [0.15, 0.2) is 0 Å². The summed E-state index contributed by atoms with van der Waals surface area (Å²) < 4.78 is 21.5. The summed E-state index contributed by atoms with van der Waals surface area (Å²) in [5.74, 6) is -0.434. The lowest BCUT2D eigenvalue weighted by atomic mass is 9.71. The van der Waals surface area contributed by atoms with E-state index in [1.807, 2.05) is 6.07 Å². The first kappa shape index (κ1) is 20.1. The van der Waals surface area contributed by atoms with Gasteiger partial charge in [-0.25, -0.2) is 4.39 Å². The van der Waals surface area contributed by atoms with Gasteiger partial charge in [0.1, 0.15) is 11.6 Å². The van der Waals surface area contributed by atoms with Crippen molar-refractivity contribution in [1.82, 2.24) is 4.57 Å². The maximum atomic E-state index is 13.7. The Bertz CT molecular complexity index is 1110. The normalized spacial score (nSPS) is 21.8. The van der Waals surface area contributed by atoms with Crippen molar-refractivity contribution in [2.75, 3.05) is 13.2 Å². The van der Waals surface area contributed by atoms with Crippen molar-refractivity contribution in [3.05, 3.63) is 59.5 Å². The van der Waals surface area contributed by atoms with Gasteiger partial charge in [0.2, 0.25) is 0 Å². The van der Waals surface area contributed by atoms with E-state index in [0.29, 0.717) is 37.9 Å². The van der Waals surface area contributed by atoms with E-state index in [4.69, 9.17) is 4.74 Å². The molecule has 0 unspecified atom stereocenters. The molecule has 2 N–H and O–H groups in total. The number of carboxylic acid groups (broad SMARTS) is 1. The summed E-state index contributed by atoms with van der Waals surface area (Å²) in [4.78, 5) is 11.3. The molecule has 162 valence electrons. The molecule has 1 aliphatic carbocycles. The monoisotopic (exact) mass is 423 g/mol. The van der Waals surface area contributed by atoms with E-state index in [1.54, 1.807) is 24.3 Å². The molecule has 0 atom stereocenters. The molecule has 2 aliphatic rings. The molecule has 2 aromatic carbocycles. The molecular formula is C25H26FNO4. The Morgan fingerprint density at radius 1 is 1.10 bits per heavy atom. The molecule has 1 saturated heterocycles. The third-order valence-electron chi connectivity index (χ3n) is 6.87. The van der Waals surface area contributed by atoms with Crippen LogP contribution in [0.4, 0.5) is 4.39 Å². The number of rotatable bonds is 5. The van der Waals surface area contributed by atoms with Crippen molar-refractivity contribution < 1.29 is 24.1 Å². The van der Waals surface area contributed by atoms with Gasteiger partial charge in [0.25, 0.3) is 0 Å². The minimum absolute atomic E-state index is 0.209. The Morgan fingerprint density at radius 2 is 1.81 bits per heavy atom. The number of halogens is 1. The lowest BCUT2D eigenvalue weighted by Crippen LogP contribution is -2.31. The van der Waals surface area contributed by atoms with Gasteiger partial charge in [-0.15, -0.1) is 0 Å².